The van der Waals surface area contributed by atoms with Crippen molar-refractivity contribution in [1.29, 1.82) is 0 Å². The lowest BCUT2D eigenvalue weighted by Crippen LogP contribution is -2.36. The molecule has 6 heteroatoms. The lowest BCUT2D eigenvalue weighted by molar-refractivity contribution is 0.0938. The molecular formula is C13H18N4O2. The van der Waals surface area contributed by atoms with Crippen LogP contribution < -0.4 is 11.1 Å². The number of amidine groups is 1. The molecule has 1 aliphatic heterocycles. The van der Waals surface area contributed by atoms with Crippen LogP contribution in [0.1, 0.15) is 22.3 Å². The van der Waals surface area contributed by atoms with Crippen LogP contribution in [-0.4, -0.2) is 48.0 Å². The number of carbonyl (C=O) groups excluding carboxylic acids is 1. The number of likely N-dealkylation sites (N-methyl/N-ethyl adjacent to an activating group) is 1. The van der Waals surface area contributed by atoms with Crippen molar-refractivity contribution in [1.82, 2.24) is 10.2 Å². The third-order valence-electron chi connectivity index (χ3n) is 3.28. The fourth-order valence-electron chi connectivity index (χ4n) is 2.17. The maximum absolute atomic E-state index is 12.0. The molecule has 1 atom stereocenters. The van der Waals surface area contributed by atoms with Crippen molar-refractivity contribution in [2.24, 2.45) is 10.9 Å². The lowest BCUT2D eigenvalue weighted by atomic mass is 10.1. The van der Waals surface area contributed by atoms with Crippen LogP contribution in [0.15, 0.2) is 29.4 Å². The van der Waals surface area contributed by atoms with E-state index in [0.717, 1.165) is 19.5 Å². The van der Waals surface area contributed by atoms with Crippen LogP contribution in [0.5, 0.6) is 0 Å². The summed E-state index contributed by atoms with van der Waals surface area (Å²) in [6.07, 6.45) is 0.977. The molecule has 1 unspecified atom stereocenters. The molecule has 1 aromatic carbocycles. The van der Waals surface area contributed by atoms with Crippen LogP contribution in [0.4, 0.5) is 0 Å². The molecule has 6 nitrogen and oxygen atoms in total. The maximum Gasteiger partial charge on any atom is 0.251 e. The molecule has 1 fully saturated rings. The van der Waals surface area contributed by atoms with E-state index in [-0.39, 0.29) is 17.8 Å². The first-order valence-electron chi connectivity index (χ1n) is 6.17. The van der Waals surface area contributed by atoms with Crippen LogP contribution in [0.3, 0.4) is 0 Å². The highest BCUT2D eigenvalue weighted by atomic mass is 16.4. The molecule has 0 bridgehead atoms. The predicted molar refractivity (Wildman–Crippen MR) is 72.3 cm³/mol. The summed E-state index contributed by atoms with van der Waals surface area (Å²) < 4.78 is 0. The molecule has 2 rings (SSSR count). The standard InChI is InChI=1S/C13H18N4O2/c1-17-7-6-11(8-17)15-13(18)10-4-2-9(3-5-10)12(14)16-19/h2-5,11,19H,6-8H2,1H3,(H2,14,16)(H,15,18). The first-order valence-corrected chi connectivity index (χ1v) is 6.17. The second kappa shape index (κ2) is 5.71. The molecule has 4 N–H and O–H groups in total. The van der Waals surface area contributed by atoms with E-state index in [9.17, 15) is 4.79 Å². The molecule has 102 valence electrons. The molecular weight excluding hydrogens is 244 g/mol. The zero-order valence-electron chi connectivity index (χ0n) is 10.8. The van der Waals surface area contributed by atoms with E-state index in [2.05, 4.69) is 15.4 Å². The van der Waals surface area contributed by atoms with Gasteiger partial charge in [-0.15, -0.1) is 0 Å². The number of hydrogen-bond donors (Lipinski definition) is 3. The summed E-state index contributed by atoms with van der Waals surface area (Å²) >= 11 is 0. The molecule has 0 spiro atoms. The summed E-state index contributed by atoms with van der Waals surface area (Å²) in [5, 5.41) is 14.5. The SMILES string of the molecule is CN1CCC(NC(=O)c2ccc(C(N)=NO)cc2)C1. The number of likely N-dealkylation sites (tertiary alicyclic amines) is 1. The normalized spacial score (nSPS) is 20.5. The Hall–Kier alpha value is -2.08. The van der Waals surface area contributed by atoms with Gasteiger partial charge in [-0.05, 0) is 32.1 Å². The Bertz CT molecular complexity index is 484. The minimum absolute atomic E-state index is 0.0318. The zero-order valence-corrected chi connectivity index (χ0v) is 10.8. The summed E-state index contributed by atoms with van der Waals surface area (Å²) in [7, 11) is 2.04. The van der Waals surface area contributed by atoms with Crippen LogP contribution >= 0.6 is 0 Å². The topological polar surface area (TPSA) is 91.0 Å². The molecule has 0 aromatic heterocycles. The fourth-order valence-corrected chi connectivity index (χ4v) is 2.17. The van der Waals surface area contributed by atoms with Crippen molar-refractivity contribution in [3.05, 3.63) is 35.4 Å². The quantitative estimate of drug-likeness (QED) is 0.314. The van der Waals surface area contributed by atoms with E-state index in [4.69, 9.17) is 10.9 Å². The maximum atomic E-state index is 12.0. The molecule has 1 aromatic rings. The van der Waals surface area contributed by atoms with Gasteiger partial charge in [-0.2, -0.15) is 0 Å². The molecule has 0 saturated carbocycles. The van der Waals surface area contributed by atoms with Gasteiger partial charge in [0.25, 0.3) is 5.91 Å². The van der Waals surface area contributed by atoms with E-state index >= 15 is 0 Å². The zero-order chi connectivity index (χ0) is 13.8. The molecule has 19 heavy (non-hydrogen) atoms. The molecule has 1 heterocycles. The van der Waals surface area contributed by atoms with E-state index < -0.39 is 0 Å². The number of rotatable bonds is 3. The number of nitrogens with two attached hydrogens (primary N) is 1. The van der Waals surface area contributed by atoms with Gasteiger partial charge in [0.2, 0.25) is 0 Å². The van der Waals surface area contributed by atoms with E-state index in [1.807, 2.05) is 7.05 Å². The van der Waals surface area contributed by atoms with Crippen molar-refractivity contribution in [2.45, 2.75) is 12.5 Å². The second-order valence-electron chi connectivity index (χ2n) is 4.78. The van der Waals surface area contributed by atoms with E-state index in [1.54, 1.807) is 24.3 Å². The van der Waals surface area contributed by atoms with Gasteiger partial charge < -0.3 is 21.2 Å². The van der Waals surface area contributed by atoms with Gasteiger partial charge in [0.05, 0.1) is 0 Å². The van der Waals surface area contributed by atoms with Gasteiger partial charge in [-0.3, -0.25) is 4.79 Å². The van der Waals surface area contributed by atoms with Crippen LogP contribution in [0.25, 0.3) is 0 Å². The fraction of sp³-hybridized carbons (Fsp3) is 0.385. The minimum Gasteiger partial charge on any atom is -0.409 e. The van der Waals surface area contributed by atoms with E-state index in [1.165, 1.54) is 0 Å². The van der Waals surface area contributed by atoms with E-state index in [0.29, 0.717) is 11.1 Å². The minimum atomic E-state index is -0.0913. The second-order valence-corrected chi connectivity index (χ2v) is 4.78. The summed E-state index contributed by atoms with van der Waals surface area (Å²) in [5.74, 6) is -0.0595. The lowest BCUT2D eigenvalue weighted by Gasteiger charge is -2.13. The highest BCUT2D eigenvalue weighted by Crippen LogP contribution is 2.09. The Labute approximate surface area is 111 Å². The number of nitrogens with one attached hydrogen (secondary N) is 1. The number of nitrogens with zero attached hydrogens (tertiary/aromatic N) is 2. The van der Waals surface area contributed by atoms with Crippen LogP contribution in [0.2, 0.25) is 0 Å². The molecule has 0 radical (unpaired) electrons. The average Bonchev–Trinajstić information content (AvgIpc) is 2.83. The summed E-state index contributed by atoms with van der Waals surface area (Å²) in [6, 6.07) is 6.86. The Kier molecular flexibility index (Phi) is 4.01. The van der Waals surface area contributed by atoms with Gasteiger partial charge in [0.1, 0.15) is 0 Å². The first kappa shape index (κ1) is 13.4. The van der Waals surface area contributed by atoms with Crippen molar-refractivity contribution >= 4 is 11.7 Å². The number of carbonyl (C=O) groups is 1. The van der Waals surface area contributed by atoms with Crippen molar-refractivity contribution < 1.29 is 10.0 Å². The Morgan fingerprint density at radius 1 is 1.42 bits per heavy atom. The monoisotopic (exact) mass is 262 g/mol. The largest absolute Gasteiger partial charge is 0.409 e. The third-order valence-corrected chi connectivity index (χ3v) is 3.28. The van der Waals surface area contributed by atoms with Crippen molar-refractivity contribution in [3.63, 3.8) is 0 Å². The van der Waals surface area contributed by atoms with Gasteiger partial charge in [-0.25, -0.2) is 0 Å². The summed E-state index contributed by atoms with van der Waals surface area (Å²) in [5.41, 5.74) is 6.62. The third kappa shape index (κ3) is 3.23. The number of hydrogen-bond acceptors (Lipinski definition) is 4. The average molecular weight is 262 g/mol. The van der Waals surface area contributed by atoms with Gasteiger partial charge in [0.15, 0.2) is 5.84 Å². The van der Waals surface area contributed by atoms with Crippen molar-refractivity contribution in [2.75, 3.05) is 20.1 Å². The summed E-state index contributed by atoms with van der Waals surface area (Å²) in [6.45, 7) is 1.89. The summed E-state index contributed by atoms with van der Waals surface area (Å²) in [4.78, 5) is 14.2. The van der Waals surface area contributed by atoms with Gasteiger partial charge in [-0.1, -0.05) is 17.3 Å². The molecule has 0 aliphatic carbocycles. The number of amides is 1. The van der Waals surface area contributed by atoms with Gasteiger partial charge >= 0.3 is 0 Å². The molecule has 1 aliphatic rings. The number of benzene rings is 1. The first-order chi connectivity index (χ1) is 9.10. The smallest absolute Gasteiger partial charge is 0.251 e. The Morgan fingerprint density at radius 3 is 2.58 bits per heavy atom. The predicted octanol–water partition coefficient (Wildman–Crippen LogP) is 0.215. The highest BCUT2D eigenvalue weighted by molar-refractivity contribution is 5.99. The van der Waals surface area contributed by atoms with Crippen LogP contribution in [-0.2, 0) is 0 Å². The Balaban J connectivity index is 2.00. The van der Waals surface area contributed by atoms with Gasteiger partial charge in [0, 0.05) is 23.7 Å². The van der Waals surface area contributed by atoms with Crippen molar-refractivity contribution in [3.8, 4) is 0 Å². The van der Waals surface area contributed by atoms with Crippen LogP contribution in [0, 0.1) is 0 Å². The molecule has 1 saturated heterocycles. The highest BCUT2D eigenvalue weighted by Gasteiger charge is 2.21. The molecule has 1 amide bonds. The number of oxime groups is 1. The Morgan fingerprint density at radius 2 is 2.05 bits per heavy atom.